The normalized spacial score (nSPS) is 12.8. The molecule has 0 aromatic carbocycles. The van der Waals surface area contributed by atoms with E-state index in [1.54, 1.807) is 4.68 Å². The van der Waals surface area contributed by atoms with E-state index in [4.69, 9.17) is 17.3 Å². The summed E-state index contributed by atoms with van der Waals surface area (Å²) in [7, 11) is 0. The van der Waals surface area contributed by atoms with Gasteiger partial charge in [-0.05, 0) is 26.3 Å². The molecule has 1 aromatic rings. The minimum atomic E-state index is -0.0527. The second-order valence-electron chi connectivity index (χ2n) is 3.85. The molecule has 0 bridgehead atoms. The van der Waals surface area contributed by atoms with Crippen molar-refractivity contribution in [3.8, 4) is 0 Å². The maximum absolute atomic E-state index is 12.1. The number of ketones is 1. The molecular weight excluding hydrogens is 226 g/mol. The first-order valence-electron chi connectivity index (χ1n) is 5.57. The molecule has 0 radical (unpaired) electrons. The average Bonchev–Trinajstić information content (AvgIpc) is 2.66. The van der Waals surface area contributed by atoms with Crippen molar-refractivity contribution in [2.45, 2.75) is 33.2 Å². The van der Waals surface area contributed by atoms with Crippen LogP contribution in [0.4, 0.5) is 0 Å². The van der Waals surface area contributed by atoms with Crippen LogP contribution in [0.15, 0.2) is 6.20 Å². The largest absolute Gasteiger partial charge is 0.330 e. The van der Waals surface area contributed by atoms with Gasteiger partial charge >= 0.3 is 0 Å². The van der Waals surface area contributed by atoms with Crippen LogP contribution < -0.4 is 5.73 Å². The van der Waals surface area contributed by atoms with E-state index in [0.29, 0.717) is 23.8 Å². The fraction of sp³-hybridized carbons (Fsp3) is 0.636. The topological polar surface area (TPSA) is 60.9 Å². The van der Waals surface area contributed by atoms with Crippen LogP contribution in [0.2, 0.25) is 5.02 Å². The number of carbonyl (C=O) groups is 1. The molecule has 0 aliphatic heterocycles. The molecule has 0 saturated carbocycles. The molecular formula is C11H18ClN3O. The number of rotatable bonds is 6. The molecule has 0 aliphatic carbocycles. The zero-order valence-electron chi connectivity index (χ0n) is 9.74. The molecule has 1 heterocycles. The highest BCUT2D eigenvalue weighted by atomic mass is 35.5. The third-order valence-electron chi connectivity index (χ3n) is 2.62. The van der Waals surface area contributed by atoms with Gasteiger partial charge in [-0.3, -0.25) is 9.48 Å². The summed E-state index contributed by atoms with van der Waals surface area (Å²) >= 11 is 5.97. The fourth-order valence-corrected chi connectivity index (χ4v) is 1.87. The van der Waals surface area contributed by atoms with Crippen molar-refractivity contribution in [1.82, 2.24) is 9.78 Å². The van der Waals surface area contributed by atoms with Gasteiger partial charge in [0.2, 0.25) is 0 Å². The van der Waals surface area contributed by atoms with Gasteiger partial charge in [0.15, 0.2) is 5.78 Å². The van der Waals surface area contributed by atoms with Gasteiger partial charge in [-0.15, -0.1) is 0 Å². The van der Waals surface area contributed by atoms with Gasteiger partial charge in [0, 0.05) is 12.5 Å². The lowest BCUT2D eigenvalue weighted by Gasteiger charge is -2.11. The van der Waals surface area contributed by atoms with Crippen molar-refractivity contribution in [3.63, 3.8) is 0 Å². The summed E-state index contributed by atoms with van der Waals surface area (Å²) in [5.41, 5.74) is 5.95. The van der Waals surface area contributed by atoms with E-state index in [-0.39, 0.29) is 11.7 Å². The van der Waals surface area contributed by atoms with Gasteiger partial charge < -0.3 is 5.73 Å². The number of halogens is 1. The molecule has 0 aliphatic rings. The summed E-state index contributed by atoms with van der Waals surface area (Å²) in [4.78, 5) is 12.1. The molecule has 0 fully saturated rings. The standard InChI is InChI=1S/C11H18ClN3O/c1-3-15-10(9(12)7-14-15)11(16)8(2)5-4-6-13/h7-8H,3-6,13H2,1-2H3. The molecule has 16 heavy (non-hydrogen) atoms. The second kappa shape index (κ2) is 6.01. The highest BCUT2D eigenvalue weighted by Crippen LogP contribution is 2.21. The summed E-state index contributed by atoms with van der Waals surface area (Å²) in [5.74, 6) is 0.000787. The lowest BCUT2D eigenvalue weighted by Crippen LogP contribution is -2.18. The Morgan fingerprint density at radius 2 is 2.38 bits per heavy atom. The number of aromatic nitrogens is 2. The molecule has 1 unspecified atom stereocenters. The van der Waals surface area contributed by atoms with E-state index in [9.17, 15) is 4.79 Å². The van der Waals surface area contributed by atoms with Crippen LogP contribution in [0.3, 0.4) is 0 Å². The summed E-state index contributed by atoms with van der Waals surface area (Å²) in [6.45, 7) is 5.10. The number of nitrogens with zero attached hydrogens (tertiary/aromatic N) is 2. The van der Waals surface area contributed by atoms with E-state index in [2.05, 4.69) is 5.10 Å². The zero-order valence-corrected chi connectivity index (χ0v) is 10.5. The van der Waals surface area contributed by atoms with Crippen molar-refractivity contribution in [2.75, 3.05) is 6.54 Å². The monoisotopic (exact) mass is 243 g/mol. The van der Waals surface area contributed by atoms with Crippen molar-refractivity contribution < 1.29 is 4.79 Å². The fourth-order valence-electron chi connectivity index (χ4n) is 1.64. The minimum absolute atomic E-state index is 0.0527. The maximum Gasteiger partial charge on any atom is 0.185 e. The number of nitrogens with two attached hydrogens (primary N) is 1. The van der Waals surface area contributed by atoms with E-state index in [0.717, 1.165) is 12.8 Å². The van der Waals surface area contributed by atoms with Crippen LogP contribution in [0, 0.1) is 5.92 Å². The molecule has 0 amide bonds. The third kappa shape index (κ3) is 2.83. The zero-order chi connectivity index (χ0) is 12.1. The van der Waals surface area contributed by atoms with E-state index < -0.39 is 0 Å². The van der Waals surface area contributed by atoms with Gasteiger partial charge in [-0.1, -0.05) is 18.5 Å². The SMILES string of the molecule is CCn1ncc(Cl)c1C(=O)C(C)CCCN. The predicted octanol–water partition coefficient (Wildman–Crippen LogP) is 2.11. The summed E-state index contributed by atoms with van der Waals surface area (Å²) in [6.07, 6.45) is 3.17. The lowest BCUT2D eigenvalue weighted by molar-refractivity contribution is 0.0912. The average molecular weight is 244 g/mol. The molecule has 2 N–H and O–H groups in total. The number of Topliss-reactive ketones (excluding diaryl/α,β-unsaturated/α-hetero) is 1. The van der Waals surface area contributed by atoms with Crippen LogP contribution in [-0.2, 0) is 6.54 Å². The molecule has 1 rings (SSSR count). The Hall–Kier alpha value is -0.870. The van der Waals surface area contributed by atoms with Gasteiger partial charge in [0.05, 0.1) is 11.2 Å². The Bertz CT molecular complexity index is 362. The highest BCUT2D eigenvalue weighted by Gasteiger charge is 2.21. The Morgan fingerprint density at radius 1 is 1.69 bits per heavy atom. The van der Waals surface area contributed by atoms with Crippen molar-refractivity contribution in [1.29, 1.82) is 0 Å². The Morgan fingerprint density at radius 3 is 2.94 bits per heavy atom. The molecule has 5 heteroatoms. The van der Waals surface area contributed by atoms with Gasteiger partial charge in [0.1, 0.15) is 5.69 Å². The summed E-state index contributed by atoms with van der Waals surface area (Å²) in [6, 6.07) is 0. The summed E-state index contributed by atoms with van der Waals surface area (Å²) in [5, 5.41) is 4.49. The number of aryl methyl sites for hydroxylation is 1. The number of hydrogen-bond acceptors (Lipinski definition) is 3. The Kier molecular flexibility index (Phi) is 4.96. The van der Waals surface area contributed by atoms with Gasteiger partial charge in [-0.2, -0.15) is 5.10 Å². The maximum atomic E-state index is 12.1. The third-order valence-corrected chi connectivity index (χ3v) is 2.89. The van der Waals surface area contributed by atoms with E-state index in [1.807, 2.05) is 13.8 Å². The van der Waals surface area contributed by atoms with Crippen LogP contribution in [-0.4, -0.2) is 22.1 Å². The predicted molar refractivity (Wildman–Crippen MR) is 64.7 cm³/mol. The molecule has 0 saturated heterocycles. The molecule has 4 nitrogen and oxygen atoms in total. The first kappa shape index (κ1) is 13.2. The second-order valence-corrected chi connectivity index (χ2v) is 4.26. The smallest absolute Gasteiger partial charge is 0.185 e. The quantitative estimate of drug-likeness (QED) is 0.779. The van der Waals surface area contributed by atoms with Crippen LogP contribution in [0.25, 0.3) is 0 Å². The molecule has 1 atom stereocenters. The van der Waals surface area contributed by atoms with Crippen LogP contribution >= 0.6 is 11.6 Å². The Balaban J connectivity index is 2.82. The highest BCUT2D eigenvalue weighted by molar-refractivity contribution is 6.33. The minimum Gasteiger partial charge on any atom is -0.330 e. The number of hydrogen-bond donors (Lipinski definition) is 1. The molecule has 0 spiro atoms. The van der Waals surface area contributed by atoms with Crippen molar-refractivity contribution in [2.24, 2.45) is 11.7 Å². The molecule has 1 aromatic heterocycles. The van der Waals surface area contributed by atoms with Crippen molar-refractivity contribution in [3.05, 3.63) is 16.9 Å². The van der Waals surface area contributed by atoms with E-state index >= 15 is 0 Å². The number of carbonyl (C=O) groups excluding carboxylic acids is 1. The van der Waals surface area contributed by atoms with Gasteiger partial charge in [0.25, 0.3) is 0 Å². The van der Waals surface area contributed by atoms with Gasteiger partial charge in [-0.25, -0.2) is 0 Å². The first-order valence-corrected chi connectivity index (χ1v) is 5.95. The first-order chi connectivity index (χ1) is 7.61. The van der Waals surface area contributed by atoms with Crippen LogP contribution in [0.1, 0.15) is 37.2 Å². The lowest BCUT2D eigenvalue weighted by atomic mass is 9.98. The van der Waals surface area contributed by atoms with Crippen LogP contribution in [0.5, 0.6) is 0 Å². The van der Waals surface area contributed by atoms with Crippen molar-refractivity contribution >= 4 is 17.4 Å². The molecule has 90 valence electrons. The summed E-state index contributed by atoms with van der Waals surface area (Å²) < 4.78 is 1.64. The van der Waals surface area contributed by atoms with E-state index in [1.165, 1.54) is 6.20 Å². The Labute approximate surface area is 101 Å².